The van der Waals surface area contributed by atoms with E-state index in [0.717, 1.165) is 74.4 Å². The van der Waals surface area contributed by atoms with Gasteiger partial charge in [-0.25, -0.2) is 9.97 Å². The first-order valence-corrected chi connectivity index (χ1v) is 11.6. The Kier molecular flexibility index (Phi) is 5.97. The fourth-order valence-electron chi connectivity index (χ4n) is 4.52. The summed E-state index contributed by atoms with van der Waals surface area (Å²) in [5.41, 5.74) is 2.13. The molecule has 0 spiro atoms. The van der Waals surface area contributed by atoms with Crippen molar-refractivity contribution in [1.29, 1.82) is 5.26 Å². The zero-order valence-electron chi connectivity index (χ0n) is 18.5. The molecule has 8 nitrogen and oxygen atoms in total. The van der Waals surface area contributed by atoms with Crippen LogP contribution in [0.25, 0.3) is 11.3 Å². The van der Waals surface area contributed by atoms with Crippen LogP contribution in [0, 0.1) is 11.3 Å². The maximum absolute atomic E-state index is 9.31. The van der Waals surface area contributed by atoms with Crippen LogP contribution in [0.4, 0.5) is 17.6 Å². The summed E-state index contributed by atoms with van der Waals surface area (Å²) in [6, 6.07) is 9.94. The normalized spacial score (nSPS) is 18.5. The van der Waals surface area contributed by atoms with Crippen LogP contribution in [0.1, 0.15) is 25.3 Å². The second-order valence-corrected chi connectivity index (χ2v) is 8.88. The number of rotatable bonds is 4. The largest absolute Gasteiger partial charge is 0.352 e. The van der Waals surface area contributed by atoms with Crippen LogP contribution in [0.3, 0.4) is 0 Å². The number of anilines is 3. The summed E-state index contributed by atoms with van der Waals surface area (Å²) in [6.45, 7) is 6.49. The Morgan fingerprint density at radius 2 is 1.91 bits per heavy atom. The molecule has 1 unspecified atom stereocenters. The predicted molar refractivity (Wildman–Crippen MR) is 130 cm³/mol. The van der Waals surface area contributed by atoms with Gasteiger partial charge in [-0.2, -0.15) is 10.2 Å². The van der Waals surface area contributed by atoms with Crippen molar-refractivity contribution in [2.24, 2.45) is 0 Å². The predicted octanol–water partition coefficient (Wildman–Crippen LogP) is 3.77. The van der Waals surface area contributed by atoms with Gasteiger partial charge in [-0.05, 0) is 38.0 Å². The smallest absolute Gasteiger partial charge is 0.227 e. The van der Waals surface area contributed by atoms with Gasteiger partial charge in [0.2, 0.25) is 5.95 Å². The van der Waals surface area contributed by atoms with Crippen molar-refractivity contribution in [2.45, 2.75) is 25.8 Å². The van der Waals surface area contributed by atoms with Gasteiger partial charge in [-0.1, -0.05) is 11.6 Å². The Hall–Kier alpha value is -3.44. The van der Waals surface area contributed by atoms with E-state index in [-0.39, 0.29) is 6.04 Å². The molecule has 2 aliphatic rings. The quantitative estimate of drug-likeness (QED) is 0.581. The van der Waals surface area contributed by atoms with Crippen molar-refractivity contribution in [1.82, 2.24) is 19.9 Å². The van der Waals surface area contributed by atoms with Gasteiger partial charge in [0.15, 0.2) is 0 Å². The molecule has 1 atom stereocenters. The topological polar surface area (TPSA) is 85.1 Å². The lowest BCUT2D eigenvalue weighted by Crippen LogP contribution is -2.52. The number of piperazine rings is 1. The first-order valence-electron chi connectivity index (χ1n) is 11.2. The average molecular weight is 461 g/mol. The molecule has 0 radical (unpaired) electrons. The SMILES string of the molecule is CC1CN(c2ncccc2Cl)CCN1c1cc(-c2cncc(C#N)c2)nc(N2CCCC2)n1. The monoisotopic (exact) mass is 460 g/mol. The summed E-state index contributed by atoms with van der Waals surface area (Å²) < 4.78 is 0. The van der Waals surface area contributed by atoms with Crippen molar-refractivity contribution in [3.8, 4) is 17.3 Å². The first kappa shape index (κ1) is 21.4. The number of hydrogen-bond acceptors (Lipinski definition) is 8. The molecule has 3 aromatic rings. The second-order valence-electron chi connectivity index (χ2n) is 8.48. The van der Waals surface area contributed by atoms with E-state index < -0.39 is 0 Å². The zero-order chi connectivity index (χ0) is 22.8. The molecule has 2 aliphatic heterocycles. The van der Waals surface area contributed by atoms with E-state index in [9.17, 15) is 5.26 Å². The number of nitrogens with zero attached hydrogens (tertiary/aromatic N) is 8. The Labute approximate surface area is 198 Å². The van der Waals surface area contributed by atoms with Gasteiger partial charge in [-0.3, -0.25) is 4.98 Å². The molecule has 3 aromatic heterocycles. The molecule has 5 rings (SSSR count). The maximum atomic E-state index is 9.31. The highest BCUT2D eigenvalue weighted by atomic mass is 35.5. The highest BCUT2D eigenvalue weighted by Crippen LogP contribution is 2.30. The second kappa shape index (κ2) is 9.20. The number of aromatic nitrogens is 4. The van der Waals surface area contributed by atoms with Crippen molar-refractivity contribution in [2.75, 3.05) is 47.4 Å². The molecule has 0 aromatic carbocycles. The molecular formula is C24H25ClN8. The van der Waals surface area contributed by atoms with E-state index in [1.807, 2.05) is 24.3 Å². The minimum Gasteiger partial charge on any atom is -0.352 e. The van der Waals surface area contributed by atoms with Crippen LogP contribution >= 0.6 is 11.6 Å². The van der Waals surface area contributed by atoms with E-state index >= 15 is 0 Å². The third-order valence-corrected chi connectivity index (χ3v) is 6.51. The first-order chi connectivity index (χ1) is 16.1. The van der Waals surface area contributed by atoms with Gasteiger partial charge >= 0.3 is 0 Å². The van der Waals surface area contributed by atoms with Crippen LogP contribution in [0.15, 0.2) is 42.9 Å². The maximum Gasteiger partial charge on any atom is 0.227 e. The van der Waals surface area contributed by atoms with Crippen LogP contribution < -0.4 is 14.7 Å². The van der Waals surface area contributed by atoms with Gasteiger partial charge in [0, 0.05) is 69.0 Å². The molecule has 168 valence electrons. The third kappa shape index (κ3) is 4.41. The third-order valence-electron chi connectivity index (χ3n) is 6.21. The summed E-state index contributed by atoms with van der Waals surface area (Å²) in [6.07, 6.45) is 7.39. The summed E-state index contributed by atoms with van der Waals surface area (Å²) in [5.74, 6) is 2.46. The van der Waals surface area contributed by atoms with Crippen molar-refractivity contribution < 1.29 is 0 Å². The van der Waals surface area contributed by atoms with Gasteiger partial charge in [0.05, 0.1) is 16.3 Å². The summed E-state index contributed by atoms with van der Waals surface area (Å²) >= 11 is 6.39. The van der Waals surface area contributed by atoms with E-state index in [1.54, 1.807) is 18.6 Å². The van der Waals surface area contributed by atoms with Gasteiger partial charge in [-0.15, -0.1) is 0 Å². The number of halogens is 1. The summed E-state index contributed by atoms with van der Waals surface area (Å²) in [7, 11) is 0. The van der Waals surface area contributed by atoms with Crippen LogP contribution in [0.5, 0.6) is 0 Å². The van der Waals surface area contributed by atoms with Gasteiger partial charge in [0.25, 0.3) is 0 Å². The lowest BCUT2D eigenvalue weighted by Gasteiger charge is -2.41. The van der Waals surface area contributed by atoms with Crippen molar-refractivity contribution in [3.05, 3.63) is 53.4 Å². The Balaban J connectivity index is 1.47. The van der Waals surface area contributed by atoms with Crippen LogP contribution in [-0.2, 0) is 0 Å². The molecule has 9 heteroatoms. The van der Waals surface area contributed by atoms with Crippen molar-refractivity contribution in [3.63, 3.8) is 0 Å². The Morgan fingerprint density at radius 1 is 1.06 bits per heavy atom. The van der Waals surface area contributed by atoms with E-state index in [4.69, 9.17) is 21.6 Å². The molecule has 0 saturated carbocycles. The molecule has 0 amide bonds. The fraction of sp³-hybridized carbons (Fsp3) is 0.375. The van der Waals surface area contributed by atoms with Gasteiger partial charge in [0.1, 0.15) is 17.7 Å². The minimum absolute atomic E-state index is 0.203. The average Bonchev–Trinajstić information content (AvgIpc) is 3.39. The Morgan fingerprint density at radius 3 is 2.67 bits per heavy atom. The van der Waals surface area contributed by atoms with E-state index in [0.29, 0.717) is 10.6 Å². The summed E-state index contributed by atoms with van der Waals surface area (Å²) in [5, 5.41) is 9.98. The Bertz CT molecular complexity index is 1190. The van der Waals surface area contributed by atoms with Gasteiger partial charge < -0.3 is 14.7 Å². The fourth-order valence-corrected chi connectivity index (χ4v) is 4.76. The molecule has 0 N–H and O–H groups in total. The molecule has 5 heterocycles. The van der Waals surface area contributed by atoms with Crippen molar-refractivity contribution >= 4 is 29.2 Å². The molecule has 33 heavy (non-hydrogen) atoms. The number of nitriles is 1. The highest BCUT2D eigenvalue weighted by molar-refractivity contribution is 6.32. The standard InChI is InChI=1S/C24H25ClN8/c1-17-16-32(23-20(25)5-4-6-28-23)9-10-33(17)22-12-21(19-11-18(13-26)14-27-15-19)29-24(30-22)31-7-2-3-8-31/h4-6,11-12,14-15,17H,2-3,7-10,16H2,1H3. The lowest BCUT2D eigenvalue weighted by molar-refractivity contribution is 0.542. The number of pyridine rings is 2. The molecule has 0 aliphatic carbocycles. The molecule has 0 bridgehead atoms. The van der Waals surface area contributed by atoms with Crippen LogP contribution in [-0.4, -0.2) is 58.7 Å². The van der Waals surface area contributed by atoms with E-state index in [2.05, 4.69) is 37.7 Å². The molecule has 2 fully saturated rings. The highest BCUT2D eigenvalue weighted by Gasteiger charge is 2.28. The summed E-state index contributed by atoms with van der Waals surface area (Å²) in [4.78, 5) is 25.3. The van der Waals surface area contributed by atoms with E-state index in [1.165, 1.54) is 0 Å². The molecular weight excluding hydrogens is 436 g/mol. The lowest BCUT2D eigenvalue weighted by atomic mass is 10.1. The zero-order valence-corrected chi connectivity index (χ0v) is 19.3. The molecule has 2 saturated heterocycles. The minimum atomic E-state index is 0.203. The number of hydrogen-bond donors (Lipinski definition) is 0. The van der Waals surface area contributed by atoms with Crippen LogP contribution in [0.2, 0.25) is 5.02 Å².